The summed E-state index contributed by atoms with van der Waals surface area (Å²) in [5.41, 5.74) is -0.0141. The first-order chi connectivity index (χ1) is 9.38. The quantitative estimate of drug-likeness (QED) is 0.920. The summed E-state index contributed by atoms with van der Waals surface area (Å²) < 4.78 is 39.3. The Kier molecular flexibility index (Phi) is 4.01. The molecule has 1 aromatic heterocycles. The van der Waals surface area contributed by atoms with Gasteiger partial charge in [0.25, 0.3) is 0 Å². The summed E-state index contributed by atoms with van der Waals surface area (Å²) in [7, 11) is 0. The molecule has 1 heterocycles. The zero-order valence-electron chi connectivity index (χ0n) is 11.3. The number of hydrogen-bond acceptors (Lipinski definition) is 2. The SMILES string of the molecule is CC(C)CNc1nccn1-c1ccc(C(F)(F)F)cc1. The third kappa shape index (κ3) is 3.31. The standard InChI is InChI=1S/C14H16F3N3/c1-10(2)9-19-13-18-7-8-20(13)12-5-3-11(4-6-12)14(15,16)17/h3-8,10H,9H2,1-2H3,(H,18,19). The van der Waals surface area contributed by atoms with Crippen LogP contribution in [0.1, 0.15) is 19.4 Å². The summed E-state index contributed by atoms with van der Waals surface area (Å²) in [6.45, 7) is 4.88. The van der Waals surface area contributed by atoms with Crippen molar-refractivity contribution >= 4 is 5.95 Å². The maximum Gasteiger partial charge on any atom is 0.416 e. The minimum Gasteiger partial charge on any atom is -0.355 e. The van der Waals surface area contributed by atoms with Crippen molar-refractivity contribution in [3.05, 3.63) is 42.2 Å². The topological polar surface area (TPSA) is 29.9 Å². The van der Waals surface area contributed by atoms with Crippen LogP contribution in [0.3, 0.4) is 0 Å². The van der Waals surface area contributed by atoms with E-state index >= 15 is 0 Å². The Bertz CT molecular complexity index is 556. The van der Waals surface area contributed by atoms with Crippen LogP contribution in [0.15, 0.2) is 36.7 Å². The van der Waals surface area contributed by atoms with Crippen molar-refractivity contribution in [2.24, 2.45) is 5.92 Å². The second kappa shape index (κ2) is 5.56. The van der Waals surface area contributed by atoms with Gasteiger partial charge in [-0.2, -0.15) is 13.2 Å². The fraction of sp³-hybridized carbons (Fsp3) is 0.357. The molecule has 0 atom stereocenters. The summed E-state index contributed by atoms with van der Waals surface area (Å²) in [5.74, 6) is 1.08. The highest BCUT2D eigenvalue weighted by Crippen LogP contribution is 2.29. The molecule has 0 saturated carbocycles. The molecule has 6 heteroatoms. The third-order valence-corrected chi connectivity index (χ3v) is 2.78. The predicted molar refractivity (Wildman–Crippen MR) is 71.9 cm³/mol. The lowest BCUT2D eigenvalue weighted by Crippen LogP contribution is -2.12. The number of alkyl halides is 3. The average Bonchev–Trinajstić information content (AvgIpc) is 2.83. The van der Waals surface area contributed by atoms with Gasteiger partial charge in [-0.1, -0.05) is 13.8 Å². The Balaban J connectivity index is 2.22. The van der Waals surface area contributed by atoms with E-state index in [1.807, 2.05) is 0 Å². The van der Waals surface area contributed by atoms with Crippen molar-refractivity contribution in [3.8, 4) is 5.69 Å². The summed E-state index contributed by atoms with van der Waals surface area (Å²) >= 11 is 0. The van der Waals surface area contributed by atoms with Crippen LogP contribution in [0.2, 0.25) is 0 Å². The maximum absolute atomic E-state index is 12.5. The van der Waals surface area contributed by atoms with E-state index in [2.05, 4.69) is 24.1 Å². The maximum atomic E-state index is 12.5. The van der Waals surface area contributed by atoms with Crippen molar-refractivity contribution in [3.63, 3.8) is 0 Å². The lowest BCUT2D eigenvalue weighted by atomic mass is 10.2. The number of rotatable bonds is 4. The van der Waals surface area contributed by atoms with E-state index in [1.165, 1.54) is 12.1 Å². The van der Waals surface area contributed by atoms with Crippen LogP contribution in [-0.2, 0) is 6.18 Å². The minimum absolute atomic E-state index is 0.452. The molecule has 0 bridgehead atoms. The Morgan fingerprint density at radius 3 is 2.40 bits per heavy atom. The molecule has 1 N–H and O–H groups in total. The fourth-order valence-electron chi connectivity index (χ4n) is 1.75. The van der Waals surface area contributed by atoms with E-state index in [9.17, 15) is 13.2 Å². The summed E-state index contributed by atoms with van der Waals surface area (Å²) in [5, 5.41) is 3.17. The predicted octanol–water partition coefficient (Wildman–Crippen LogP) is 3.96. The van der Waals surface area contributed by atoms with Crippen molar-refractivity contribution in [2.45, 2.75) is 20.0 Å². The highest BCUT2D eigenvalue weighted by atomic mass is 19.4. The molecule has 3 nitrogen and oxygen atoms in total. The van der Waals surface area contributed by atoms with Gasteiger partial charge >= 0.3 is 6.18 Å². The molecule has 108 valence electrons. The Labute approximate surface area is 115 Å². The number of imidazole rings is 1. The van der Waals surface area contributed by atoms with Gasteiger partial charge in [-0.25, -0.2) is 4.98 Å². The molecule has 20 heavy (non-hydrogen) atoms. The number of aromatic nitrogens is 2. The zero-order chi connectivity index (χ0) is 14.8. The average molecular weight is 283 g/mol. The van der Waals surface area contributed by atoms with E-state index in [1.54, 1.807) is 17.0 Å². The molecule has 0 unspecified atom stereocenters. The van der Waals surface area contributed by atoms with Crippen LogP contribution in [0.25, 0.3) is 5.69 Å². The molecular weight excluding hydrogens is 267 g/mol. The monoisotopic (exact) mass is 283 g/mol. The molecule has 0 aliphatic carbocycles. The largest absolute Gasteiger partial charge is 0.416 e. The van der Waals surface area contributed by atoms with Gasteiger partial charge in [-0.3, -0.25) is 4.57 Å². The van der Waals surface area contributed by atoms with Gasteiger partial charge in [0.1, 0.15) is 0 Å². The van der Waals surface area contributed by atoms with E-state index in [-0.39, 0.29) is 0 Å². The first-order valence-electron chi connectivity index (χ1n) is 6.33. The van der Waals surface area contributed by atoms with E-state index in [0.29, 0.717) is 17.6 Å². The Morgan fingerprint density at radius 2 is 1.85 bits per heavy atom. The summed E-state index contributed by atoms with van der Waals surface area (Å²) in [6.07, 6.45) is -0.988. The molecule has 0 aliphatic heterocycles. The van der Waals surface area contributed by atoms with Gasteiger partial charge in [0.15, 0.2) is 0 Å². The Morgan fingerprint density at radius 1 is 1.20 bits per heavy atom. The van der Waals surface area contributed by atoms with Gasteiger partial charge in [0.05, 0.1) is 5.56 Å². The molecule has 0 amide bonds. The number of hydrogen-bond donors (Lipinski definition) is 1. The second-order valence-electron chi connectivity index (χ2n) is 4.94. The van der Waals surface area contributed by atoms with Crippen LogP contribution in [0, 0.1) is 5.92 Å². The Hall–Kier alpha value is -1.98. The molecular formula is C14H16F3N3. The molecule has 0 radical (unpaired) electrons. The highest BCUT2D eigenvalue weighted by Gasteiger charge is 2.30. The van der Waals surface area contributed by atoms with E-state index < -0.39 is 11.7 Å². The van der Waals surface area contributed by atoms with Gasteiger partial charge in [-0.15, -0.1) is 0 Å². The summed E-state index contributed by atoms with van der Waals surface area (Å²) in [6, 6.07) is 5.01. The van der Waals surface area contributed by atoms with Crippen LogP contribution < -0.4 is 5.32 Å². The van der Waals surface area contributed by atoms with Gasteiger partial charge in [-0.05, 0) is 30.2 Å². The van der Waals surface area contributed by atoms with Gasteiger partial charge in [0, 0.05) is 24.6 Å². The molecule has 0 spiro atoms. The molecule has 0 saturated heterocycles. The smallest absolute Gasteiger partial charge is 0.355 e. The molecule has 2 rings (SSSR count). The first kappa shape index (κ1) is 14.4. The molecule has 2 aromatic rings. The van der Waals surface area contributed by atoms with E-state index in [0.717, 1.165) is 18.7 Å². The number of anilines is 1. The van der Waals surface area contributed by atoms with Gasteiger partial charge < -0.3 is 5.32 Å². The van der Waals surface area contributed by atoms with Crippen LogP contribution in [0.5, 0.6) is 0 Å². The highest BCUT2D eigenvalue weighted by molar-refractivity contribution is 5.43. The summed E-state index contributed by atoms with van der Waals surface area (Å²) in [4.78, 5) is 4.17. The molecule has 0 fully saturated rings. The lowest BCUT2D eigenvalue weighted by Gasteiger charge is -2.12. The zero-order valence-corrected chi connectivity index (χ0v) is 11.3. The molecule has 0 aliphatic rings. The first-order valence-corrected chi connectivity index (χ1v) is 6.33. The van der Waals surface area contributed by atoms with Crippen LogP contribution in [-0.4, -0.2) is 16.1 Å². The minimum atomic E-state index is -4.31. The van der Waals surface area contributed by atoms with Crippen molar-refractivity contribution < 1.29 is 13.2 Å². The number of nitrogens with zero attached hydrogens (tertiary/aromatic N) is 2. The van der Waals surface area contributed by atoms with Crippen molar-refractivity contribution in [1.82, 2.24) is 9.55 Å². The van der Waals surface area contributed by atoms with Gasteiger partial charge in [0.2, 0.25) is 5.95 Å². The molecule has 1 aromatic carbocycles. The second-order valence-corrected chi connectivity index (χ2v) is 4.94. The normalized spacial score (nSPS) is 11.9. The van der Waals surface area contributed by atoms with Crippen molar-refractivity contribution in [1.29, 1.82) is 0 Å². The number of nitrogens with one attached hydrogen (secondary N) is 1. The number of halogens is 3. The van der Waals surface area contributed by atoms with Crippen LogP contribution >= 0.6 is 0 Å². The fourth-order valence-corrected chi connectivity index (χ4v) is 1.75. The lowest BCUT2D eigenvalue weighted by molar-refractivity contribution is -0.137. The van der Waals surface area contributed by atoms with E-state index in [4.69, 9.17) is 0 Å². The number of benzene rings is 1. The van der Waals surface area contributed by atoms with Crippen molar-refractivity contribution in [2.75, 3.05) is 11.9 Å². The van der Waals surface area contributed by atoms with Crippen LogP contribution in [0.4, 0.5) is 19.1 Å². The third-order valence-electron chi connectivity index (χ3n) is 2.78.